The molecule has 0 fully saturated rings. The van der Waals surface area contributed by atoms with Crippen molar-refractivity contribution < 1.29 is 0 Å². The topological polar surface area (TPSA) is 96.7 Å². The first-order valence-electron chi connectivity index (χ1n) is 8.80. The smallest absolute Gasteiger partial charge is 0.118 e. The van der Waals surface area contributed by atoms with Gasteiger partial charge < -0.3 is 5.32 Å². The number of nitrogens with one attached hydrogen (secondary N) is 2. The fourth-order valence-electron chi connectivity index (χ4n) is 3.02. The number of aryl methyl sites for hydroxylation is 1. The Morgan fingerprint density at radius 3 is 2.86 bits per heavy atom. The number of pyridine rings is 2. The molecular weight excluding hydrogens is 352 g/mol. The van der Waals surface area contributed by atoms with E-state index in [0.29, 0.717) is 0 Å². The molecule has 0 saturated heterocycles. The minimum absolute atomic E-state index is 0.779. The molecule has 0 aromatic carbocycles. The van der Waals surface area contributed by atoms with E-state index in [4.69, 9.17) is 4.98 Å². The zero-order valence-corrected chi connectivity index (χ0v) is 15.9. The van der Waals surface area contributed by atoms with Crippen molar-refractivity contribution in [3.05, 3.63) is 54.7 Å². The van der Waals surface area contributed by atoms with E-state index in [1.165, 1.54) is 0 Å². The lowest BCUT2D eigenvalue weighted by Gasteiger charge is -2.04. The maximum Gasteiger partial charge on any atom is 0.118 e. The summed E-state index contributed by atoms with van der Waals surface area (Å²) < 4.78 is 1.76. The van der Waals surface area contributed by atoms with Crippen LogP contribution < -0.4 is 5.32 Å². The number of aromatic nitrogens is 6. The predicted molar refractivity (Wildman–Crippen MR) is 111 cm³/mol. The number of allylic oxidation sites excluding steroid dienone is 1. The molecule has 2 N–H and O–H groups in total. The molecule has 0 amide bonds. The summed E-state index contributed by atoms with van der Waals surface area (Å²) in [6, 6.07) is 7.89. The van der Waals surface area contributed by atoms with E-state index in [1.54, 1.807) is 30.3 Å². The van der Waals surface area contributed by atoms with Gasteiger partial charge in [0.15, 0.2) is 0 Å². The van der Waals surface area contributed by atoms with Crippen molar-refractivity contribution in [3.8, 4) is 22.6 Å². The number of aliphatic imine (C=N–C) groups is 1. The van der Waals surface area contributed by atoms with E-state index < -0.39 is 0 Å². The number of nitrogens with zero attached hydrogens (tertiary/aromatic N) is 6. The molecule has 0 radical (unpaired) electrons. The Bertz CT molecular complexity index is 1180. The van der Waals surface area contributed by atoms with E-state index in [-0.39, 0.29) is 0 Å². The van der Waals surface area contributed by atoms with Gasteiger partial charge in [-0.25, -0.2) is 4.98 Å². The van der Waals surface area contributed by atoms with E-state index >= 15 is 0 Å². The molecule has 8 heteroatoms. The molecule has 0 atom stereocenters. The molecule has 4 rings (SSSR count). The number of rotatable bonds is 5. The quantitative estimate of drug-likeness (QED) is 0.525. The van der Waals surface area contributed by atoms with Gasteiger partial charge in [-0.3, -0.25) is 19.8 Å². The Hall–Kier alpha value is -3.81. The summed E-state index contributed by atoms with van der Waals surface area (Å²) in [5.74, 6) is 0. The molecule has 4 heterocycles. The average Bonchev–Trinajstić information content (AvgIpc) is 3.34. The largest absolute Gasteiger partial charge is 0.393 e. The van der Waals surface area contributed by atoms with E-state index in [2.05, 4.69) is 30.6 Å². The highest BCUT2D eigenvalue weighted by Crippen LogP contribution is 2.28. The van der Waals surface area contributed by atoms with Gasteiger partial charge in [-0.1, -0.05) is 6.07 Å². The summed E-state index contributed by atoms with van der Waals surface area (Å²) in [5, 5.41) is 15.7. The molecule has 0 unspecified atom stereocenters. The molecule has 4 aromatic heterocycles. The van der Waals surface area contributed by atoms with Gasteiger partial charge in [-0.05, 0) is 18.2 Å². The van der Waals surface area contributed by atoms with Gasteiger partial charge in [0.05, 0.1) is 35.0 Å². The fourth-order valence-corrected chi connectivity index (χ4v) is 3.02. The fraction of sp³-hybridized carbons (Fsp3) is 0.150. The standard InChI is InChI=1S/C20H20N8/c1-21-8-13(9-22-2)18-7-15-19(11-23-18)26-27-20(15)17-6-4-5-16(25-17)14-10-24-28(3)12-14/h4-12,21H,1-3H3,(H,26,27)/b13-8+,22-9?. The van der Waals surface area contributed by atoms with Crippen LogP contribution in [0.2, 0.25) is 0 Å². The van der Waals surface area contributed by atoms with Crippen LogP contribution >= 0.6 is 0 Å². The zero-order chi connectivity index (χ0) is 19.5. The van der Waals surface area contributed by atoms with Crippen molar-refractivity contribution >= 4 is 22.7 Å². The molecule has 140 valence electrons. The van der Waals surface area contributed by atoms with Crippen LogP contribution in [0.5, 0.6) is 0 Å². The highest BCUT2D eigenvalue weighted by atomic mass is 15.2. The van der Waals surface area contributed by atoms with Crippen molar-refractivity contribution in [1.82, 2.24) is 35.3 Å². The van der Waals surface area contributed by atoms with E-state index in [0.717, 1.165) is 44.8 Å². The van der Waals surface area contributed by atoms with Crippen molar-refractivity contribution in [1.29, 1.82) is 0 Å². The molecule has 8 nitrogen and oxygen atoms in total. The van der Waals surface area contributed by atoms with E-state index in [1.807, 2.05) is 50.8 Å². The Labute approximate surface area is 162 Å². The Kier molecular flexibility index (Phi) is 4.67. The van der Waals surface area contributed by atoms with Crippen molar-refractivity contribution in [3.63, 3.8) is 0 Å². The van der Waals surface area contributed by atoms with Crippen LogP contribution in [0, 0.1) is 0 Å². The third kappa shape index (κ3) is 3.27. The minimum Gasteiger partial charge on any atom is -0.393 e. The highest BCUT2D eigenvalue weighted by molar-refractivity contribution is 6.10. The van der Waals surface area contributed by atoms with Crippen molar-refractivity contribution in [2.45, 2.75) is 0 Å². The van der Waals surface area contributed by atoms with Gasteiger partial charge >= 0.3 is 0 Å². The summed E-state index contributed by atoms with van der Waals surface area (Å²) >= 11 is 0. The van der Waals surface area contributed by atoms with Crippen LogP contribution in [0.4, 0.5) is 0 Å². The van der Waals surface area contributed by atoms with Crippen LogP contribution in [-0.4, -0.2) is 50.3 Å². The highest BCUT2D eigenvalue weighted by Gasteiger charge is 2.13. The lowest BCUT2D eigenvalue weighted by Crippen LogP contribution is -1.99. The summed E-state index contributed by atoms with van der Waals surface area (Å²) in [7, 11) is 5.47. The van der Waals surface area contributed by atoms with Gasteiger partial charge in [0.1, 0.15) is 5.69 Å². The van der Waals surface area contributed by atoms with Gasteiger partial charge in [-0.2, -0.15) is 10.2 Å². The molecule has 0 bridgehead atoms. The first kappa shape index (κ1) is 17.6. The minimum atomic E-state index is 0.779. The molecule has 28 heavy (non-hydrogen) atoms. The normalized spacial score (nSPS) is 12.2. The van der Waals surface area contributed by atoms with Gasteiger partial charge in [-0.15, -0.1) is 0 Å². The van der Waals surface area contributed by atoms with Crippen LogP contribution in [0.15, 0.2) is 54.0 Å². The van der Waals surface area contributed by atoms with Gasteiger partial charge in [0.2, 0.25) is 0 Å². The molecule has 4 aromatic rings. The SMILES string of the molecule is CN=C/C(=C\NC)c1cc2c(-c3cccc(-c4cnn(C)c4)n3)n[nH]c2cn1. The van der Waals surface area contributed by atoms with E-state index in [9.17, 15) is 0 Å². The second-order valence-corrected chi connectivity index (χ2v) is 6.27. The monoisotopic (exact) mass is 372 g/mol. The first-order valence-corrected chi connectivity index (χ1v) is 8.80. The maximum absolute atomic E-state index is 4.79. The molecule has 0 aliphatic rings. The van der Waals surface area contributed by atoms with Crippen LogP contribution in [0.3, 0.4) is 0 Å². The average molecular weight is 372 g/mol. The second kappa shape index (κ2) is 7.43. The first-order chi connectivity index (χ1) is 13.7. The Morgan fingerprint density at radius 2 is 2.11 bits per heavy atom. The number of hydrogen-bond acceptors (Lipinski definition) is 6. The second-order valence-electron chi connectivity index (χ2n) is 6.27. The van der Waals surface area contributed by atoms with Gasteiger partial charge in [0.25, 0.3) is 0 Å². The van der Waals surface area contributed by atoms with Crippen molar-refractivity contribution in [2.75, 3.05) is 14.1 Å². The third-order valence-corrected chi connectivity index (χ3v) is 4.30. The summed E-state index contributed by atoms with van der Waals surface area (Å²) in [6.07, 6.45) is 9.15. The predicted octanol–water partition coefficient (Wildman–Crippen LogP) is 2.68. The molecule has 0 spiro atoms. The number of aromatic amines is 1. The van der Waals surface area contributed by atoms with Crippen LogP contribution in [-0.2, 0) is 7.05 Å². The summed E-state index contributed by atoms with van der Waals surface area (Å²) in [6.45, 7) is 0. The summed E-state index contributed by atoms with van der Waals surface area (Å²) in [5.41, 5.74) is 5.92. The molecule has 0 saturated carbocycles. The number of hydrogen-bond donors (Lipinski definition) is 2. The molecule has 0 aliphatic heterocycles. The molecular formula is C20H20N8. The lowest BCUT2D eigenvalue weighted by atomic mass is 10.1. The number of H-pyrrole nitrogens is 1. The van der Waals surface area contributed by atoms with Crippen molar-refractivity contribution in [2.24, 2.45) is 12.0 Å². The van der Waals surface area contributed by atoms with Crippen LogP contribution in [0.1, 0.15) is 5.69 Å². The third-order valence-electron chi connectivity index (χ3n) is 4.30. The summed E-state index contributed by atoms with van der Waals surface area (Å²) in [4.78, 5) is 13.4. The zero-order valence-electron chi connectivity index (χ0n) is 15.9. The molecule has 0 aliphatic carbocycles. The van der Waals surface area contributed by atoms with Crippen LogP contribution in [0.25, 0.3) is 39.1 Å². The van der Waals surface area contributed by atoms with Gasteiger partial charge in [0, 0.05) is 56.3 Å². The number of fused-ring (bicyclic) bond motifs is 1. The Balaban J connectivity index is 1.81. The maximum atomic E-state index is 4.79. The Morgan fingerprint density at radius 1 is 1.25 bits per heavy atom. The lowest BCUT2D eigenvalue weighted by molar-refractivity contribution is 0.768.